The van der Waals surface area contributed by atoms with Crippen molar-refractivity contribution < 1.29 is 9.84 Å². The molecular weight excluding hydrogens is 476 g/mol. The van der Waals surface area contributed by atoms with Gasteiger partial charge in [0.2, 0.25) is 11.8 Å². The van der Waals surface area contributed by atoms with Crippen LogP contribution in [-0.4, -0.2) is 51.8 Å². The maximum absolute atomic E-state index is 10.3. The Morgan fingerprint density at radius 3 is 2.76 bits per heavy atom. The Bertz CT molecular complexity index is 1390. The second kappa shape index (κ2) is 11.8. The second-order valence-corrected chi connectivity index (χ2v) is 10.2. The molecule has 8 heteroatoms. The van der Waals surface area contributed by atoms with E-state index in [-0.39, 0.29) is 5.92 Å². The molecule has 1 aliphatic heterocycles. The standard InChI is InChI=1S/C30H36N6O2/c1-19(2)27(37)18-34-25-10-4-8-23-22(25)12-11-20(3)28(23)38-29-24(9-6-15-32-29)26-13-16-33-30(36-26)35-21-7-5-14-31-17-21/h4,6,8-13,15-16,19,21,27,31,34,37H,5,7,14,17-18H2,1-3H3,(H,33,35,36)/t21-,27+/m0/s1. The van der Waals surface area contributed by atoms with Crippen LogP contribution < -0.4 is 20.7 Å². The first-order valence-electron chi connectivity index (χ1n) is 13.4. The largest absolute Gasteiger partial charge is 0.437 e. The zero-order chi connectivity index (χ0) is 26.5. The zero-order valence-corrected chi connectivity index (χ0v) is 22.2. The van der Waals surface area contributed by atoms with Gasteiger partial charge in [-0.25, -0.2) is 15.0 Å². The summed E-state index contributed by atoms with van der Waals surface area (Å²) in [6, 6.07) is 16.3. The molecule has 8 nitrogen and oxygen atoms in total. The van der Waals surface area contributed by atoms with E-state index in [9.17, 15) is 5.11 Å². The third-order valence-corrected chi connectivity index (χ3v) is 7.01. The highest BCUT2D eigenvalue weighted by atomic mass is 16.5. The number of fused-ring (bicyclic) bond motifs is 1. The monoisotopic (exact) mass is 512 g/mol. The van der Waals surface area contributed by atoms with Crippen molar-refractivity contribution >= 4 is 22.4 Å². The molecule has 2 aromatic heterocycles. The number of benzene rings is 2. The number of hydrogen-bond acceptors (Lipinski definition) is 8. The van der Waals surface area contributed by atoms with Crippen LogP contribution in [0.1, 0.15) is 32.3 Å². The number of aryl methyl sites for hydroxylation is 1. The van der Waals surface area contributed by atoms with Gasteiger partial charge in [0.25, 0.3) is 0 Å². The van der Waals surface area contributed by atoms with E-state index in [0.717, 1.165) is 65.0 Å². The van der Waals surface area contributed by atoms with Gasteiger partial charge in [0, 0.05) is 48.0 Å². The number of aromatic nitrogens is 3. The van der Waals surface area contributed by atoms with Crippen LogP contribution in [0.5, 0.6) is 11.6 Å². The Morgan fingerprint density at radius 1 is 1.05 bits per heavy atom. The third kappa shape index (κ3) is 5.87. The number of anilines is 2. The van der Waals surface area contributed by atoms with Gasteiger partial charge in [-0.15, -0.1) is 0 Å². The lowest BCUT2D eigenvalue weighted by Gasteiger charge is -2.23. The molecule has 0 amide bonds. The number of piperidine rings is 1. The van der Waals surface area contributed by atoms with E-state index in [0.29, 0.717) is 24.4 Å². The fourth-order valence-electron chi connectivity index (χ4n) is 4.68. The first kappa shape index (κ1) is 25.9. The summed E-state index contributed by atoms with van der Waals surface area (Å²) in [5.74, 6) is 2.02. The highest BCUT2D eigenvalue weighted by molar-refractivity contribution is 5.98. The van der Waals surface area contributed by atoms with Crippen LogP contribution in [0.3, 0.4) is 0 Å². The van der Waals surface area contributed by atoms with Crippen molar-refractivity contribution in [2.45, 2.75) is 45.8 Å². The van der Waals surface area contributed by atoms with Crippen LogP contribution in [0.15, 0.2) is 60.9 Å². The lowest BCUT2D eigenvalue weighted by molar-refractivity contribution is 0.138. The van der Waals surface area contributed by atoms with Crippen molar-refractivity contribution in [1.82, 2.24) is 20.3 Å². The molecule has 2 aromatic carbocycles. The highest BCUT2D eigenvalue weighted by Gasteiger charge is 2.18. The molecule has 1 aliphatic rings. The Balaban J connectivity index is 1.45. The molecule has 0 unspecified atom stereocenters. The minimum absolute atomic E-state index is 0.179. The van der Waals surface area contributed by atoms with Crippen LogP contribution in [0.4, 0.5) is 11.6 Å². The van der Waals surface area contributed by atoms with Crippen molar-refractivity contribution in [3.05, 3.63) is 66.5 Å². The van der Waals surface area contributed by atoms with Gasteiger partial charge in [0.1, 0.15) is 5.75 Å². The van der Waals surface area contributed by atoms with Crippen molar-refractivity contribution in [3.8, 4) is 22.9 Å². The maximum Gasteiger partial charge on any atom is 0.228 e. The van der Waals surface area contributed by atoms with Crippen LogP contribution >= 0.6 is 0 Å². The van der Waals surface area contributed by atoms with Gasteiger partial charge in [-0.3, -0.25) is 0 Å². The van der Waals surface area contributed by atoms with E-state index in [2.05, 4.69) is 44.1 Å². The average Bonchev–Trinajstić information content (AvgIpc) is 2.94. The van der Waals surface area contributed by atoms with Crippen molar-refractivity contribution in [3.63, 3.8) is 0 Å². The summed E-state index contributed by atoms with van der Waals surface area (Å²) < 4.78 is 6.54. The van der Waals surface area contributed by atoms with E-state index in [1.165, 1.54) is 0 Å². The normalized spacial score (nSPS) is 16.4. The molecule has 198 valence electrons. The molecule has 0 radical (unpaired) electrons. The van der Waals surface area contributed by atoms with Crippen LogP contribution in [0.2, 0.25) is 0 Å². The molecular formula is C30H36N6O2. The van der Waals surface area contributed by atoms with E-state index in [4.69, 9.17) is 9.72 Å². The van der Waals surface area contributed by atoms with E-state index in [1.807, 2.05) is 51.1 Å². The SMILES string of the molecule is Cc1ccc2c(NC[C@@H](O)C(C)C)cccc2c1Oc1ncccc1-c1ccnc(N[C@H]2CCCNC2)n1. The predicted octanol–water partition coefficient (Wildman–Crippen LogP) is 5.39. The summed E-state index contributed by atoms with van der Waals surface area (Å²) in [5.41, 5.74) is 3.50. The topological polar surface area (TPSA) is 104 Å². The summed E-state index contributed by atoms with van der Waals surface area (Å²) >= 11 is 0. The summed E-state index contributed by atoms with van der Waals surface area (Å²) in [4.78, 5) is 13.8. The van der Waals surface area contributed by atoms with Gasteiger partial charge < -0.3 is 25.8 Å². The van der Waals surface area contributed by atoms with E-state index in [1.54, 1.807) is 12.4 Å². The Hall–Kier alpha value is -3.75. The molecule has 4 N–H and O–H groups in total. The number of ether oxygens (including phenoxy) is 1. The fourth-order valence-corrected chi connectivity index (χ4v) is 4.68. The van der Waals surface area contributed by atoms with Gasteiger partial charge in [0.05, 0.1) is 17.4 Å². The van der Waals surface area contributed by atoms with Crippen molar-refractivity contribution in [2.24, 2.45) is 5.92 Å². The molecule has 0 aliphatic carbocycles. The first-order valence-corrected chi connectivity index (χ1v) is 13.4. The molecule has 0 spiro atoms. The number of pyridine rings is 1. The molecule has 5 rings (SSSR count). The van der Waals surface area contributed by atoms with Gasteiger partial charge in [-0.05, 0) is 62.1 Å². The summed E-state index contributed by atoms with van der Waals surface area (Å²) in [5, 5.41) is 22.6. The quantitative estimate of drug-likeness (QED) is 0.237. The van der Waals surface area contributed by atoms with Crippen LogP contribution in [0, 0.1) is 12.8 Å². The smallest absolute Gasteiger partial charge is 0.228 e. The molecule has 3 heterocycles. The molecule has 1 saturated heterocycles. The lowest BCUT2D eigenvalue weighted by atomic mass is 10.0. The lowest BCUT2D eigenvalue weighted by Crippen LogP contribution is -2.38. The van der Waals surface area contributed by atoms with E-state index < -0.39 is 6.10 Å². The zero-order valence-electron chi connectivity index (χ0n) is 22.2. The average molecular weight is 513 g/mol. The number of aliphatic hydroxyl groups is 1. The summed E-state index contributed by atoms with van der Waals surface area (Å²) in [6.07, 6.45) is 5.30. The maximum atomic E-state index is 10.3. The molecule has 0 bridgehead atoms. The van der Waals surface area contributed by atoms with Crippen molar-refractivity contribution in [1.29, 1.82) is 0 Å². The van der Waals surface area contributed by atoms with Gasteiger partial charge in [-0.2, -0.15) is 0 Å². The molecule has 0 saturated carbocycles. The molecule has 2 atom stereocenters. The van der Waals surface area contributed by atoms with Gasteiger partial charge in [-0.1, -0.05) is 38.1 Å². The number of hydrogen-bond donors (Lipinski definition) is 4. The van der Waals surface area contributed by atoms with Gasteiger partial charge in [0.15, 0.2) is 0 Å². The number of rotatable bonds is 9. The molecule has 4 aromatic rings. The summed E-state index contributed by atoms with van der Waals surface area (Å²) in [6.45, 7) is 8.50. The number of aliphatic hydroxyl groups excluding tert-OH is 1. The Morgan fingerprint density at radius 2 is 1.95 bits per heavy atom. The molecule has 38 heavy (non-hydrogen) atoms. The van der Waals surface area contributed by atoms with E-state index >= 15 is 0 Å². The molecule has 1 fully saturated rings. The number of nitrogens with zero attached hydrogens (tertiary/aromatic N) is 3. The first-order chi connectivity index (χ1) is 18.5. The summed E-state index contributed by atoms with van der Waals surface area (Å²) in [7, 11) is 0. The number of nitrogens with one attached hydrogen (secondary N) is 3. The minimum atomic E-state index is -0.427. The van der Waals surface area contributed by atoms with Crippen molar-refractivity contribution in [2.75, 3.05) is 30.3 Å². The fraction of sp³-hybridized carbons (Fsp3) is 0.367. The van der Waals surface area contributed by atoms with Crippen LogP contribution in [0.25, 0.3) is 22.0 Å². The van der Waals surface area contributed by atoms with Crippen LogP contribution in [-0.2, 0) is 0 Å². The third-order valence-electron chi connectivity index (χ3n) is 7.01. The second-order valence-electron chi connectivity index (χ2n) is 10.2. The minimum Gasteiger partial charge on any atom is -0.437 e. The Labute approximate surface area is 223 Å². The van der Waals surface area contributed by atoms with Gasteiger partial charge >= 0.3 is 0 Å². The highest BCUT2D eigenvalue weighted by Crippen LogP contribution is 2.38. The Kier molecular flexibility index (Phi) is 8.00. The predicted molar refractivity (Wildman–Crippen MR) is 153 cm³/mol.